The lowest BCUT2D eigenvalue weighted by molar-refractivity contribution is 0.112. The highest BCUT2D eigenvalue weighted by molar-refractivity contribution is 6.39. The van der Waals surface area contributed by atoms with Crippen molar-refractivity contribution in [1.29, 1.82) is 0 Å². The van der Waals surface area contributed by atoms with Crippen LogP contribution >= 0.6 is 23.2 Å². The fourth-order valence-electron chi connectivity index (χ4n) is 1.30. The van der Waals surface area contributed by atoms with Crippen LogP contribution in [0.5, 0.6) is 0 Å². The van der Waals surface area contributed by atoms with Crippen LogP contribution in [-0.2, 0) is 0 Å². The summed E-state index contributed by atoms with van der Waals surface area (Å²) in [5.41, 5.74) is 1.33. The molecule has 0 atom stereocenters. The molecule has 66 valence electrons. The van der Waals surface area contributed by atoms with Gasteiger partial charge in [-0.25, -0.2) is 0 Å². The van der Waals surface area contributed by atoms with Crippen LogP contribution in [0.3, 0.4) is 0 Å². The SMILES string of the molecule is O=Cc1c[nH]c2cc(Cl)cc(Cl)c12. The van der Waals surface area contributed by atoms with Gasteiger partial charge in [-0.3, -0.25) is 4.79 Å². The number of hydrogen-bond donors (Lipinski definition) is 1. The predicted molar refractivity (Wildman–Crippen MR) is 53.7 cm³/mol. The molecule has 0 aliphatic rings. The molecule has 0 bridgehead atoms. The third kappa shape index (κ3) is 1.32. The summed E-state index contributed by atoms with van der Waals surface area (Å²) in [6.45, 7) is 0. The Bertz CT molecular complexity index is 476. The molecule has 2 rings (SSSR count). The Kier molecular flexibility index (Phi) is 2.02. The zero-order valence-electron chi connectivity index (χ0n) is 6.47. The molecule has 2 nitrogen and oxygen atoms in total. The lowest BCUT2D eigenvalue weighted by atomic mass is 10.2. The number of fused-ring (bicyclic) bond motifs is 1. The summed E-state index contributed by atoms with van der Waals surface area (Å²) >= 11 is 11.7. The van der Waals surface area contributed by atoms with E-state index in [-0.39, 0.29) is 0 Å². The van der Waals surface area contributed by atoms with Crippen LogP contribution in [-0.4, -0.2) is 11.3 Å². The van der Waals surface area contributed by atoms with E-state index in [0.717, 1.165) is 17.2 Å². The number of benzene rings is 1. The molecule has 0 amide bonds. The van der Waals surface area contributed by atoms with Crippen LogP contribution in [0.25, 0.3) is 10.9 Å². The molecule has 0 aliphatic carbocycles. The number of aldehydes is 1. The van der Waals surface area contributed by atoms with Gasteiger partial charge in [0, 0.05) is 27.7 Å². The van der Waals surface area contributed by atoms with Gasteiger partial charge in [0.1, 0.15) is 0 Å². The van der Waals surface area contributed by atoms with Crippen LogP contribution < -0.4 is 0 Å². The van der Waals surface area contributed by atoms with Gasteiger partial charge < -0.3 is 4.98 Å². The predicted octanol–water partition coefficient (Wildman–Crippen LogP) is 3.29. The van der Waals surface area contributed by atoms with Gasteiger partial charge in [0.2, 0.25) is 0 Å². The monoisotopic (exact) mass is 213 g/mol. The van der Waals surface area contributed by atoms with Crippen LogP contribution in [0.4, 0.5) is 0 Å². The summed E-state index contributed by atoms with van der Waals surface area (Å²) < 4.78 is 0. The quantitative estimate of drug-likeness (QED) is 0.725. The maximum atomic E-state index is 10.6. The smallest absolute Gasteiger partial charge is 0.152 e. The van der Waals surface area contributed by atoms with Gasteiger partial charge in [0.25, 0.3) is 0 Å². The molecule has 0 spiro atoms. The molecule has 0 saturated carbocycles. The van der Waals surface area contributed by atoms with E-state index in [1.165, 1.54) is 0 Å². The number of rotatable bonds is 1. The minimum Gasteiger partial charge on any atom is -0.360 e. The fraction of sp³-hybridized carbons (Fsp3) is 0. The highest BCUT2D eigenvalue weighted by atomic mass is 35.5. The number of hydrogen-bond acceptors (Lipinski definition) is 1. The van der Waals surface area contributed by atoms with Gasteiger partial charge in [0.15, 0.2) is 6.29 Å². The standard InChI is InChI=1S/C9H5Cl2NO/c10-6-1-7(11)9-5(4-13)3-12-8(9)2-6/h1-4,12H. The van der Waals surface area contributed by atoms with Crippen molar-refractivity contribution in [2.75, 3.05) is 0 Å². The highest BCUT2D eigenvalue weighted by Gasteiger charge is 2.07. The first kappa shape index (κ1) is 8.60. The topological polar surface area (TPSA) is 32.9 Å². The highest BCUT2D eigenvalue weighted by Crippen LogP contribution is 2.29. The van der Waals surface area contributed by atoms with Crippen molar-refractivity contribution in [2.24, 2.45) is 0 Å². The normalized spacial score (nSPS) is 10.6. The largest absolute Gasteiger partial charge is 0.360 e. The van der Waals surface area contributed by atoms with E-state index >= 15 is 0 Å². The molecular weight excluding hydrogens is 209 g/mol. The number of nitrogens with one attached hydrogen (secondary N) is 1. The number of carbonyl (C=O) groups is 1. The Morgan fingerprint density at radius 2 is 2.08 bits per heavy atom. The van der Waals surface area contributed by atoms with Crippen LogP contribution in [0.2, 0.25) is 10.0 Å². The maximum absolute atomic E-state index is 10.6. The number of H-pyrrole nitrogens is 1. The molecule has 1 heterocycles. The summed E-state index contributed by atoms with van der Waals surface area (Å²) in [6, 6.07) is 3.35. The molecule has 0 fully saturated rings. The summed E-state index contributed by atoms with van der Waals surface area (Å²) in [4.78, 5) is 13.5. The van der Waals surface area contributed by atoms with Gasteiger partial charge >= 0.3 is 0 Å². The van der Waals surface area contributed by atoms with E-state index in [0.29, 0.717) is 15.6 Å². The first-order chi connectivity index (χ1) is 6.22. The second kappa shape index (κ2) is 3.05. The van der Waals surface area contributed by atoms with Crippen molar-refractivity contribution in [3.8, 4) is 0 Å². The molecule has 0 unspecified atom stereocenters. The molecule has 1 aromatic carbocycles. The second-order valence-electron chi connectivity index (χ2n) is 2.67. The van der Waals surface area contributed by atoms with E-state index in [2.05, 4.69) is 4.98 Å². The van der Waals surface area contributed by atoms with Gasteiger partial charge in [-0.2, -0.15) is 0 Å². The number of carbonyl (C=O) groups excluding carboxylic acids is 1. The fourth-order valence-corrected chi connectivity index (χ4v) is 1.90. The van der Waals surface area contributed by atoms with Gasteiger partial charge in [-0.05, 0) is 12.1 Å². The summed E-state index contributed by atoms with van der Waals surface area (Å²) in [6.07, 6.45) is 2.37. The lowest BCUT2D eigenvalue weighted by Crippen LogP contribution is -1.76. The Labute approximate surface area is 84.5 Å². The Hall–Kier alpha value is -0.990. The Morgan fingerprint density at radius 1 is 1.31 bits per heavy atom. The minimum atomic E-state index is 0.492. The van der Waals surface area contributed by atoms with Gasteiger partial charge in [0.05, 0.1) is 5.02 Å². The van der Waals surface area contributed by atoms with Crippen LogP contribution in [0.1, 0.15) is 10.4 Å². The summed E-state index contributed by atoms with van der Waals surface area (Å²) in [7, 11) is 0. The third-order valence-corrected chi connectivity index (χ3v) is 2.37. The third-order valence-electron chi connectivity index (χ3n) is 1.85. The zero-order valence-corrected chi connectivity index (χ0v) is 7.99. The van der Waals surface area contributed by atoms with Crippen LogP contribution in [0.15, 0.2) is 18.3 Å². The summed E-state index contributed by atoms with van der Waals surface area (Å²) in [5.74, 6) is 0. The first-order valence-corrected chi connectivity index (χ1v) is 4.39. The molecule has 0 saturated heterocycles. The van der Waals surface area contributed by atoms with Crippen molar-refractivity contribution in [3.05, 3.63) is 33.9 Å². The van der Waals surface area contributed by atoms with E-state index < -0.39 is 0 Å². The zero-order chi connectivity index (χ0) is 9.42. The molecular formula is C9H5Cl2NO. The van der Waals surface area contributed by atoms with E-state index in [1.54, 1.807) is 18.3 Å². The minimum absolute atomic E-state index is 0.492. The van der Waals surface area contributed by atoms with Gasteiger partial charge in [-0.1, -0.05) is 23.2 Å². The molecule has 4 heteroatoms. The second-order valence-corrected chi connectivity index (χ2v) is 3.52. The Balaban J connectivity index is 2.89. The van der Waals surface area contributed by atoms with E-state index in [4.69, 9.17) is 23.2 Å². The number of halogens is 2. The van der Waals surface area contributed by atoms with Crippen molar-refractivity contribution < 1.29 is 4.79 Å². The average Bonchev–Trinajstić information content (AvgIpc) is 2.47. The number of aromatic nitrogens is 1. The van der Waals surface area contributed by atoms with E-state index in [1.807, 2.05) is 0 Å². The summed E-state index contributed by atoms with van der Waals surface area (Å²) in [5, 5.41) is 1.77. The first-order valence-electron chi connectivity index (χ1n) is 3.63. The molecule has 2 aromatic rings. The van der Waals surface area contributed by atoms with Crippen molar-refractivity contribution >= 4 is 40.4 Å². The molecule has 1 aromatic heterocycles. The van der Waals surface area contributed by atoms with Crippen molar-refractivity contribution in [1.82, 2.24) is 4.98 Å². The van der Waals surface area contributed by atoms with Crippen molar-refractivity contribution in [3.63, 3.8) is 0 Å². The molecule has 13 heavy (non-hydrogen) atoms. The molecule has 0 aliphatic heterocycles. The number of aromatic amines is 1. The maximum Gasteiger partial charge on any atom is 0.152 e. The van der Waals surface area contributed by atoms with Crippen LogP contribution in [0, 0.1) is 0 Å². The molecule has 0 radical (unpaired) electrons. The molecule has 1 N–H and O–H groups in total. The Morgan fingerprint density at radius 3 is 2.77 bits per heavy atom. The van der Waals surface area contributed by atoms with Crippen molar-refractivity contribution in [2.45, 2.75) is 0 Å². The lowest BCUT2D eigenvalue weighted by Gasteiger charge is -1.96. The van der Waals surface area contributed by atoms with E-state index in [9.17, 15) is 4.79 Å². The van der Waals surface area contributed by atoms with Gasteiger partial charge in [-0.15, -0.1) is 0 Å². The average molecular weight is 214 g/mol.